The Balaban J connectivity index is 1.74. The number of carbonyl (C=O) groups is 2. The third kappa shape index (κ3) is 3.80. The molecule has 0 radical (unpaired) electrons. The van der Waals surface area contributed by atoms with Crippen LogP contribution in [0.2, 0.25) is 0 Å². The number of hydrogen-bond donors (Lipinski definition) is 2. The zero-order valence-electron chi connectivity index (χ0n) is 20.3. The third-order valence-corrected chi connectivity index (χ3v) is 6.48. The fourth-order valence-corrected chi connectivity index (χ4v) is 4.54. The summed E-state index contributed by atoms with van der Waals surface area (Å²) in [4.78, 5) is 37.4. The lowest BCUT2D eigenvalue weighted by molar-refractivity contribution is -0.132. The molecule has 8 heteroatoms. The number of aliphatic hydroxyl groups is 1. The molecule has 1 saturated heterocycles. The normalized spacial score (nSPS) is 17.2. The maximum atomic E-state index is 13.8. The van der Waals surface area contributed by atoms with Crippen molar-refractivity contribution in [1.29, 1.82) is 0 Å². The van der Waals surface area contributed by atoms with E-state index in [4.69, 9.17) is 0 Å². The molecule has 1 aromatic heterocycles. The van der Waals surface area contributed by atoms with E-state index in [0.717, 1.165) is 16.8 Å². The van der Waals surface area contributed by atoms with Gasteiger partial charge in [-0.25, -0.2) is 9.37 Å². The predicted octanol–water partition coefficient (Wildman–Crippen LogP) is 5.01. The number of aliphatic hydroxyl groups excluding tert-OH is 1. The SMILES string of the molecule is Cc1ccc(C)c(/C(O)=C2\C(=O)C(=O)N(c3nc4ccc(F)cc4[nH]3)C2c2ccc(N(C)C)cc2)c1. The highest BCUT2D eigenvalue weighted by Crippen LogP contribution is 2.42. The molecule has 2 heterocycles. The number of imidazole rings is 1. The standard InChI is InChI=1S/C28H25FN4O3/c1-15-5-6-16(2)20(13-15)25(34)23-24(17-7-10-19(11-8-17)32(3)4)33(27(36)26(23)35)28-30-21-12-9-18(29)14-22(21)31-28/h5-14,24,34H,1-4H3,(H,30,31)/b25-23+. The van der Waals surface area contributed by atoms with E-state index in [1.54, 1.807) is 6.07 Å². The van der Waals surface area contributed by atoms with Gasteiger partial charge >= 0.3 is 5.91 Å². The Hall–Kier alpha value is -4.46. The molecule has 0 bridgehead atoms. The molecule has 5 rings (SSSR count). The van der Waals surface area contributed by atoms with Gasteiger partial charge in [-0.15, -0.1) is 0 Å². The number of anilines is 2. The molecule has 4 aromatic rings. The van der Waals surface area contributed by atoms with Crippen LogP contribution in [0.4, 0.5) is 16.0 Å². The molecule has 182 valence electrons. The Bertz CT molecular complexity index is 1550. The largest absolute Gasteiger partial charge is 0.507 e. The summed E-state index contributed by atoms with van der Waals surface area (Å²) in [7, 11) is 3.82. The number of H-pyrrole nitrogens is 1. The van der Waals surface area contributed by atoms with Crippen LogP contribution in [0.1, 0.15) is 28.3 Å². The minimum Gasteiger partial charge on any atom is -0.507 e. The van der Waals surface area contributed by atoms with Crippen molar-refractivity contribution in [3.63, 3.8) is 0 Å². The van der Waals surface area contributed by atoms with Gasteiger partial charge in [0.1, 0.15) is 11.6 Å². The van der Waals surface area contributed by atoms with E-state index in [9.17, 15) is 19.1 Å². The van der Waals surface area contributed by atoms with E-state index in [0.29, 0.717) is 22.2 Å². The zero-order valence-corrected chi connectivity index (χ0v) is 20.3. The molecule has 1 aliphatic rings. The summed E-state index contributed by atoms with van der Waals surface area (Å²) in [5.74, 6) is -2.25. The van der Waals surface area contributed by atoms with Crippen LogP contribution in [0.15, 0.2) is 66.2 Å². The van der Waals surface area contributed by atoms with Crippen LogP contribution in [0.5, 0.6) is 0 Å². The van der Waals surface area contributed by atoms with Crippen LogP contribution in [0.25, 0.3) is 16.8 Å². The van der Waals surface area contributed by atoms with Gasteiger partial charge < -0.3 is 15.0 Å². The molecule has 1 amide bonds. The molecular weight excluding hydrogens is 459 g/mol. The number of aromatic nitrogens is 2. The Morgan fingerprint density at radius 2 is 1.75 bits per heavy atom. The number of ketones is 1. The second-order valence-electron chi connectivity index (χ2n) is 9.20. The second-order valence-corrected chi connectivity index (χ2v) is 9.20. The fourth-order valence-electron chi connectivity index (χ4n) is 4.54. The predicted molar refractivity (Wildman–Crippen MR) is 138 cm³/mol. The van der Waals surface area contributed by atoms with E-state index >= 15 is 0 Å². The molecule has 36 heavy (non-hydrogen) atoms. The van der Waals surface area contributed by atoms with Crippen molar-refractivity contribution in [1.82, 2.24) is 9.97 Å². The molecule has 3 aromatic carbocycles. The number of aryl methyl sites for hydroxylation is 2. The molecular formula is C28H25FN4O3. The first-order valence-corrected chi connectivity index (χ1v) is 11.5. The number of fused-ring (bicyclic) bond motifs is 1. The maximum absolute atomic E-state index is 13.8. The summed E-state index contributed by atoms with van der Waals surface area (Å²) >= 11 is 0. The summed E-state index contributed by atoms with van der Waals surface area (Å²) in [5, 5.41) is 11.4. The number of halogens is 1. The lowest BCUT2D eigenvalue weighted by Gasteiger charge is -2.24. The minimum atomic E-state index is -0.938. The first-order valence-electron chi connectivity index (χ1n) is 11.5. The lowest BCUT2D eigenvalue weighted by Crippen LogP contribution is -2.30. The molecule has 2 N–H and O–H groups in total. The number of amides is 1. The highest BCUT2D eigenvalue weighted by molar-refractivity contribution is 6.51. The number of carbonyl (C=O) groups excluding carboxylic acids is 2. The van der Waals surface area contributed by atoms with Crippen molar-refractivity contribution in [3.05, 3.63) is 94.3 Å². The van der Waals surface area contributed by atoms with Crippen LogP contribution >= 0.6 is 0 Å². The molecule has 0 aliphatic carbocycles. The summed E-state index contributed by atoms with van der Waals surface area (Å²) in [6.07, 6.45) is 0. The van der Waals surface area contributed by atoms with Crippen LogP contribution in [0, 0.1) is 19.7 Å². The highest BCUT2D eigenvalue weighted by atomic mass is 19.1. The van der Waals surface area contributed by atoms with Crippen molar-refractivity contribution in [2.24, 2.45) is 0 Å². The fraction of sp³-hybridized carbons (Fsp3) is 0.179. The van der Waals surface area contributed by atoms with Gasteiger partial charge in [0.15, 0.2) is 0 Å². The van der Waals surface area contributed by atoms with Crippen molar-refractivity contribution < 1.29 is 19.1 Å². The van der Waals surface area contributed by atoms with Crippen molar-refractivity contribution in [2.75, 3.05) is 23.9 Å². The first-order chi connectivity index (χ1) is 17.2. The molecule has 1 fully saturated rings. The van der Waals surface area contributed by atoms with Crippen molar-refractivity contribution in [2.45, 2.75) is 19.9 Å². The van der Waals surface area contributed by atoms with E-state index in [1.807, 2.05) is 69.2 Å². The molecule has 1 atom stereocenters. The van der Waals surface area contributed by atoms with Gasteiger partial charge in [-0.1, -0.05) is 29.8 Å². The van der Waals surface area contributed by atoms with Crippen molar-refractivity contribution in [3.8, 4) is 0 Å². The summed E-state index contributed by atoms with van der Waals surface area (Å²) in [5.41, 5.74) is 4.52. The Kier molecular flexibility index (Phi) is 5.59. The average molecular weight is 485 g/mol. The average Bonchev–Trinajstić information content (AvgIpc) is 3.38. The van der Waals surface area contributed by atoms with E-state index in [1.165, 1.54) is 23.1 Å². The van der Waals surface area contributed by atoms with Gasteiger partial charge in [-0.2, -0.15) is 0 Å². The quantitative estimate of drug-likeness (QED) is 0.241. The number of Topliss-reactive ketones (excluding diaryl/α,β-unsaturated/α-hetero) is 1. The second kappa shape index (κ2) is 8.64. The summed E-state index contributed by atoms with van der Waals surface area (Å²) < 4.78 is 13.8. The molecule has 1 aliphatic heterocycles. The molecule has 1 unspecified atom stereocenters. The van der Waals surface area contributed by atoms with Crippen molar-refractivity contribution >= 4 is 40.1 Å². The number of rotatable bonds is 4. The minimum absolute atomic E-state index is 0.0297. The van der Waals surface area contributed by atoms with Gasteiger partial charge in [0.25, 0.3) is 5.78 Å². The van der Waals surface area contributed by atoms with E-state index < -0.39 is 23.5 Å². The van der Waals surface area contributed by atoms with Crippen LogP contribution in [-0.4, -0.2) is 40.9 Å². The Labute approximate surface area is 207 Å². The Morgan fingerprint density at radius 3 is 2.44 bits per heavy atom. The number of hydrogen-bond acceptors (Lipinski definition) is 5. The molecule has 0 spiro atoms. The smallest absolute Gasteiger partial charge is 0.302 e. The van der Waals surface area contributed by atoms with E-state index in [-0.39, 0.29) is 17.3 Å². The van der Waals surface area contributed by atoms with Crippen LogP contribution < -0.4 is 9.80 Å². The summed E-state index contributed by atoms with van der Waals surface area (Å²) in [6, 6.07) is 16.1. The van der Waals surface area contributed by atoms with Crippen LogP contribution in [0.3, 0.4) is 0 Å². The Morgan fingerprint density at radius 1 is 1.03 bits per heavy atom. The molecule has 7 nitrogen and oxygen atoms in total. The van der Waals surface area contributed by atoms with Gasteiger partial charge in [0, 0.05) is 25.3 Å². The molecule has 0 saturated carbocycles. The number of nitrogens with one attached hydrogen (secondary N) is 1. The zero-order chi connectivity index (χ0) is 25.7. The number of nitrogens with zero attached hydrogens (tertiary/aromatic N) is 3. The van der Waals surface area contributed by atoms with Gasteiger partial charge in [0.2, 0.25) is 5.95 Å². The van der Waals surface area contributed by atoms with Gasteiger partial charge in [0.05, 0.1) is 22.6 Å². The number of benzene rings is 3. The number of aromatic amines is 1. The topological polar surface area (TPSA) is 89.5 Å². The van der Waals surface area contributed by atoms with Gasteiger partial charge in [-0.3, -0.25) is 14.5 Å². The van der Waals surface area contributed by atoms with E-state index in [2.05, 4.69) is 9.97 Å². The lowest BCUT2D eigenvalue weighted by atomic mass is 9.93. The van der Waals surface area contributed by atoms with Crippen LogP contribution in [-0.2, 0) is 9.59 Å². The van der Waals surface area contributed by atoms with Gasteiger partial charge in [-0.05, 0) is 61.4 Å². The first kappa shape index (κ1) is 23.3. The maximum Gasteiger partial charge on any atom is 0.302 e. The highest BCUT2D eigenvalue weighted by Gasteiger charge is 2.48. The monoisotopic (exact) mass is 484 g/mol. The summed E-state index contributed by atoms with van der Waals surface area (Å²) in [6.45, 7) is 3.72. The third-order valence-electron chi connectivity index (χ3n) is 6.48.